The van der Waals surface area contributed by atoms with Gasteiger partial charge in [0, 0.05) is 18.9 Å². The summed E-state index contributed by atoms with van der Waals surface area (Å²) in [7, 11) is 0. The van der Waals surface area contributed by atoms with Crippen molar-refractivity contribution < 1.29 is 9.59 Å². The number of carbonyl (C=O) groups is 2. The summed E-state index contributed by atoms with van der Waals surface area (Å²) < 4.78 is 0. The molecule has 2 N–H and O–H groups in total. The summed E-state index contributed by atoms with van der Waals surface area (Å²) >= 11 is 0. The predicted octanol–water partition coefficient (Wildman–Crippen LogP) is 0.549. The first-order valence-electron chi connectivity index (χ1n) is 5.87. The fraction of sp³-hybridized carbons (Fsp3) is 0.385. The van der Waals surface area contributed by atoms with Crippen molar-refractivity contribution in [3.8, 4) is 0 Å². The van der Waals surface area contributed by atoms with E-state index < -0.39 is 5.54 Å². The van der Waals surface area contributed by atoms with E-state index in [2.05, 4.69) is 10.6 Å². The van der Waals surface area contributed by atoms with Crippen LogP contribution < -0.4 is 10.6 Å². The van der Waals surface area contributed by atoms with Crippen LogP contribution in [0.25, 0.3) is 0 Å². The molecule has 0 aromatic heterocycles. The molecule has 1 aromatic carbocycles. The fourth-order valence-electron chi connectivity index (χ4n) is 2.89. The second kappa shape index (κ2) is 3.58. The van der Waals surface area contributed by atoms with Gasteiger partial charge in [0.2, 0.25) is 11.8 Å². The largest absolute Gasteiger partial charge is 0.353 e. The number of hydrogen-bond acceptors (Lipinski definition) is 2. The predicted molar refractivity (Wildman–Crippen MR) is 62.3 cm³/mol. The van der Waals surface area contributed by atoms with Gasteiger partial charge < -0.3 is 10.6 Å². The third kappa shape index (κ3) is 1.44. The van der Waals surface area contributed by atoms with Gasteiger partial charge in [0.05, 0.1) is 0 Å². The molecule has 88 valence electrons. The van der Waals surface area contributed by atoms with Crippen LogP contribution in [0.4, 0.5) is 0 Å². The second-order valence-electron chi connectivity index (χ2n) is 4.69. The molecule has 3 rings (SSSR count). The molecule has 0 radical (unpaired) electrons. The lowest BCUT2D eigenvalue weighted by Gasteiger charge is -2.27. The lowest BCUT2D eigenvalue weighted by Crippen LogP contribution is -2.51. The number of amides is 2. The van der Waals surface area contributed by atoms with Gasteiger partial charge in [-0.2, -0.15) is 0 Å². The van der Waals surface area contributed by atoms with Crippen molar-refractivity contribution in [3.05, 3.63) is 35.9 Å². The third-order valence-electron chi connectivity index (χ3n) is 3.78. The first-order chi connectivity index (χ1) is 8.22. The third-order valence-corrected chi connectivity index (χ3v) is 3.78. The fourth-order valence-corrected chi connectivity index (χ4v) is 2.89. The molecule has 2 heterocycles. The van der Waals surface area contributed by atoms with Crippen LogP contribution in [0.1, 0.15) is 24.3 Å². The van der Waals surface area contributed by atoms with Gasteiger partial charge in [-0.25, -0.2) is 0 Å². The average Bonchev–Trinajstić information content (AvgIpc) is 2.87. The maximum Gasteiger partial charge on any atom is 0.246 e. The highest BCUT2D eigenvalue weighted by Gasteiger charge is 2.54. The molecule has 2 fully saturated rings. The van der Waals surface area contributed by atoms with E-state index in [0.717, 1.165) is 5.56 Å². The maximum atomic E-state index is 12.0. The van der Waals surface area contributed by atoms with Gasteiger partial charge in [0.15, 0.2) is 0 Å². The molecule has 2 aliphatic rings. The first-order valence-corrected chi connectivity index (χ1v) is 5.87. The SMILES string of the molecule is O=C1CC[C@]2(N1)C(=O)NCC2c1ccccc1. The number of nitrogens with one attached hydrogen (secondary N) is 2. The molecule has 4 heteroatoms. The quantitative estimate of drug-likeness (QED) is 0.740. The van der Waals surface area contributed by atoms with Gasteiger partial charge in [0.1, 0.15) is 5.54 Å². The average molecular weight is 230 g/mol. The van der Waals surface area contributed by atoms with Crippen molar-refractivity contribution in [1.29, 1.82) is 0 Å². The molecule has 0 aliphatic carbocycles. The van der Waals surface area contributed by atoms with Crippen LogP contribution >= 0.6 is 0 Å². The Hall–Kier alpha value is -1.84. The van der Waals surface area contributed by atoms with Crippen molar-refractivity contribution in [1.82, 2.24) is 10.6 Å². The topological polar surface area (TPSA) is 58.2 Å². The highest BCUT2D eigenvalue weighted by atomic mass is 16.2. The van der Waals surface area contributed by atoms with E-state index in [4.69, 9.17) is 0 Å². The molecule has 2 aliphatic heterocycles. The Balaban J connectivity index is 2.00. The van der Waals surface area contributed by atoms with Crippen molar-refractivity contribution in [3.63, 3.8) is 0 Å². The molecule has 1 spiro atoms. The minimum absolute atomic E-state index is 0.0250. The highest BCUT2D eigenvalue weighted by Crippen LogP contribution is 2.38. The van der Waals surface area contributed by atoms with Crippen LogP contribution in [-0.2, 0) is 9.59 Å². The molecular weight excluding hydrogens is 216 g/mol. The normalized spacial score (nSPS) is 31.6. The minimum Gasteiger partial charge on any atom is -0.353 e. The summed E-state index contributed by atoms with van der Waals surface area (Å²) in [6, 6.07) is 9.90. The lowest BCUT2D eigenvalue weighted by atomic mass is 9.80. The van der Waals surface area contributed by atoms with Crippen LogP contribution in [-0.4, -0.2) is 23.9 Å². The van der Waals surface area contributed by atoms with Crippen molar-refractivity contribution >= 4 is 11.8 Å². The van der Waals surface area contributed by atoms with E-state index >= 15 is 0 Å². The summed E-state index contributed by atoms with van der Waals surface area (Å²) in [4.78, 5) is 23.4. The number of benzene rings is 1. The molecule has 0 saturated carbocycles. The first kappa shape index (κ1) is 10.3. The zero-order valence-corrected chi connectivity index (χ0v) is 9.40. The Morgan fingerprint density at radius 3 is 2.59 bits per heavy atom. The molecule has 1 unspecified atom stereocenters. The molecule has 2 atom stereocenters. The zero-order valence-electron chi connectivity index (χ0n) is 9.40. The van der Waals surface area contributed by atoms with E-state index in [-0.39, 0.29) is 17.7 Å². The van der Waals surface area contributed by atoms with Gasteiger partial charge in [-0.15, -0.1) is 0 Å². The van der Waals surface area contributed by atoms with Crippen LogP contribution in [0, 0.1) is 0 Å². The van der Waals surface area contributed by atoms with Crippen LogP contribution in [0.15, 0.2) is 30.3 Å². The number of hydrogen-bond donors (Lipinski definition) is 2. The van der Waals surface area contributed by atoms with Gasteiger partial charge >= 0.3 is 0 Å². The molecule has 2 saturated heterocycles. The smallest absolute Gasteiger partial charge is 0.246 e. The van der Waals surface area contributed by atoms with Crippen molar-refractivity contribution in [2.24, 2.45) is 0 Å². The monoisotopic (exact) mass is 230 g/mol. The van der Waals surface area contributed by atoms with Gasteiger partial charge in [-0.1, -0.05) is 30.3 Å². The molecular formula is C13H14N2O2. The standard InChI is InChI=1S/C13H14N2O2/c16-11-6-7-13(15-11)10(8-14-12(13)17)9-4-2-1-3-5-9/h1-5,10H,6-8H2,(H,14,17)(H,15,16)/t10?,13-/m1/s1. The zero-order chi connectivity index (χ0) is 11.9. The minimum atomic E-state index is -0.710. The Bertz CT molecular complexity index is 472. The summed E-state index contributed by atoms with van der Waals surface area (Å²) in [6.45, 7) is 0.600. The Morgan fingerprint density at radius 1 is 1.18 bits per heavy atom. The maximum absolute atomic E-state index is 12.0. The van der Waals surface area contributed by atoms with Gasteiger partial charge in [0.25, 0.3) is 0 Å². The van der Waals surface area contributed by atoms with Crippen LogP contribution in [0.5, 0.6) is 0 Å². The van der Waals surface area contributed by atoms with Gasteiger partial charge in [-0.05, 0) is 12.0 Å². The number of carbonyl (C=O) groups excluding carboxylic acids is 2. The molecule has 1 aromatic rings. The van der Waals surface area contributed by atoms with Crippen LogP contribution in [0.2, 0.25) is 0 Å². The summed E-state index contributed by atoms with van der Waals surface area (Å²) in [6.07, 6.45) is 1.04. The summed E-state index contributed by atoms with van der Waals surface area (Å²) in [5.41, 5.74) is 0.395. The Kier molecular flexibility index (Phi) is 2.18. The molecule has 0 bridgehead atoms. The van der Waals surface area contributed by atoms with Gasteiger partial charge in [-0.3, -0.25) is 9.59 Å². The van der Waals surface area contributed by atoms with Crippen molar-refractivity contribution in [2.45, 2.75) is 24.3 Å². The van der Waals surface area contributed by atoms with E-state index in [1.54, 1.807) is 0 Å². The van der Waals surface area contributed by atoms with Crippen molar-refractivity contribution in [2.75, 3.05) is 6.54 Å². The van der Waals surface area contributed by atoms with E-state index in [0.29, 0.717) is 19.4 Å². The van der Waals surface area contributed by atoms with E-state index in [1.807, 2.05) is 30.3 Å². The second-order valence-corrected chi connectivity index (χ2v) is 4.69. The summed E-state index contributed by atoms with van der Waals surface area (Å²) in [5, 5.41) is 5.74. The molecule has 2 amide bonds. The molecule has 17 heavy (non-hydrogen) atoms. The lowest BCUT2D eigenvalue weighted by molar-refractivity contribution is -0.127. The van der Waals surface area contributed by atoms with E-state index in [9.17, 15) is 9.59 Å². The Morgan fingerprint density at radius 2 is 1.94 bits per heavy atom. The Labute approximate surface area is 99.4 Å². The molecule has 4 nitrogen and oxygen atoms in total. The van der Waals surface area contributed by atoms with E-state index in [1.165, 1.54) is 0 Å². The highest BCUT2D eigenvalue weighted by molar-refractivity contribution is 5.97. The summed E-state index contributed by atoms with van der Waals surface area (Å²) in [5.74, 6) is -0.0252. The van der Waals surface area contributed by atoms with Crippen LogP contribution in [0.3, 0.4) is 0 Å². The number of rotatable bonds is 1.